The lowest BCUT2D eigenvalue weighted by Gasteiger charge is -2.16. The zero-order chi connectivity index (χ0) is 19.9. The molecule has 1 unspecified atom stereocenters. The molecule has 0 bridgehead atoms. The van der Waals surface area contributed by atoms with Gasteiger partial charge in [-0.15, -0.1) is 10.2 Å². The molecule has 0 saturated carbocycles. The Hall–Kier alpha value is -2.75. The van der Waals surface area contributed by atoms with Crippen molar-refractivity contribution in [1.82, 2.24) is 25.4 Å². The molecule has 28 heavy (non-hydrogen) atoms. The third-order valence-corrected chi connectivity index (χ3v) is 4.36. The fourth-order valence-electron chi connectivity index (χ4n) is 3.00. The molecule has 1 aliphatic rings. The maximum Gasteiger partial charge on any atom is 0.387 e. The lowest BCUT2D eigenvalue weighted by Crippen LogP contribution is -2.39. The van der Waals surface area contributed by atoms with Crippen LogP contribution in [0, 0.1) is 0 Å². The summed E-state index contributed by atoms with van der Waals surface area (Å²) in [5, 5.41) is 24.9. The van der Waals surface area contributed by atoms with Crippen molar-refractivity contribution in [2.45, 2.75) is 45.6 Å². The number of aliphatic imine (C=N–C) groups is 1. The molecule has 0 radical (unpaired) electrons. The SMILES string of the molecule is CCNC(=NCc1nnc2n1CCC2)NCC(O)c1ccc(OC(F)F)cc1. The maximum absolute atomic E-state index is 12.2. The van der Waals surface area contributed by atoms with Gasteiger partial charge in [0.1, 0.15) is 18.1 Å². The third kappa shape index (κ3) is 5.16. The van der Waals surface area contributed by atoms with E-state index in [2.05, 4.69) is 35.1 Å². The van der Waals surface area contributed by atoms with Gasteiger partial charge >= 0.3 is 6.61 Å². The number of halogens is 2. The highest BCUT2D eigenvalue weighted by molar-refractivity contribution is 5.79. The number of hydrogen-bond donors (Lipinski definition) is 3. The van der Waals surface area contributed by atoms with E-state index in [0.29, 0.717) is 24.6 Å². The van der Waals surface area contributed by atoms with Crippen LogP contribution >= 0.6 is 0 Å². The first-order valence-electron chi connectivity index (χ1n) is 9.22. The second-order valence-corrected chi connectivity index (χ2v) is 6.33. The van der Waals surface area contributed by atoms with Gasteiger partial charge in [0.05, 0.1) is 6.10 Å². The van der Waals surface area contributed by atoms with E-state index < -0.39 is 12.7 Å². The van der Waals surface area contributed by atoms with Crippen molar-refractivity contribution >= 4 is 5.96 Å². The Kier molecular flexibility index (Phi) is 6.75. The van der Waals surface area contributed by atoms with Crippen LogP contribution in [0.3, 0.4) is 0 Å². The Morgan fingerprint density at radius 2 is 2.07 bits per heavy atom. The van der Waals surface area contributed by atoms with Crippen LogP contribution in [0.4, 0.5) is 8.78 Å². The molecule has 3 N–H and O–H groups in total. The quantitative estimate of drug-likeness (QED) is 0.465. The van der Waals surface area contributed by atoms with Gasteiger partial charge in [0.15, 0.2) is 11.8 Å². The summed E-state index contributed by atoms with van der Waals surface area (Å²) in [7, 11) is 0. The first kappa shape index (κ1) is 20.0. The Bertz CT molecular complexity index is 794. The molecule has 2 heterocycles. The molecule has 3 rings (SSSR count). The van der Waals surface area contributed by atoms with Crippen LogP contribution < -0.4 is 15.4 Å². The van der Waals surface area contributed by atoms with E-state index in [1.54, 1.807) is 12.1 Å². The molecule has 0 spiro atoms. The summed E-state index contributed by atoms with van der Waals surface area (Å²) in [6.45, 7) is 1.25. The lowest BCUT2D eigenvalue weighted by molar-refractivity contribution is -0.0498. The van der Waals surface area contributed by atoms with Crippen LogP contribution in [0.1, 0.15) is 36.7 Å². The second-order valence-electron chi connectivity index (χ2n) is 6.33. The number of aliphatic hydroxyl groups excluding tert-OH is 1. The molecule has 1 atom stereocenters. The smallest absolute Gasteiger partial charge is 0.387 e. The molecular weight excluding hydrogens is 370 g/mol. The van der Waals surface area contributed by atoms with E-state index in [9.17, 15) is 13.9 Å². The predicted molar refractivity (Wildman–Crippen MR) is 99.2 cm³/mol. The fourth-order valence-corrected chi connectivity index (χ4v) is 3.00. The molecular formula is C18H24F2N6O2. The van der Waals surface area contributed by atoms with Crippen LogP contribution in [-0.4, -0.2) is 45.5 Å². The highest BCUT2D eigenvalue weighted by atomic mass is 19.3. The number of guanidine groups is 1. The van der Waals surface area contributed by atoms with Crippen molar-refractivity contribution < 1.29 is 18.6 Å². The molecule has 152 valence electrons. The average Bonchev–Trinajstić information content (AvgIpc) is 3.28. The number of rotatable bonds is 8. The summed E-state index contributed by atoms with van der Waals surface area (Å²) in [5.41, 5.74) is 0.584. The number of alkyl halides is 2. The zero-order valence-electron chi connectivity index (χ0n) is 15.6. The predicted octanol–water partition coefficient (Wildman–Crippen LogP) is 1.61. The Labute approximate surface area is 161 Å². The minimum absolute atomic E-state index is 0.0506. The fraction of sp³-hybridized carbons (Fsp3) is 0.500. The van der Waals surface area contributed by atoms with Crippen molar-refractivity contribution in [3.63, 3.8) is 0 Å². The van der Waals surface area contributed by atoms with Gasteiger partial charge in [-0.3, -0.25) is 0 Å². The van der Waals surface area contributed by atoms with Crippen LogP contribution in [0.15, 0.2) is 29.3 Å². The number of aryl methyl sites for hydroxylation is 1. The van der Waals surface area contributed by atoms with Crippen molar-refractivity contribution in [3.05, 3.63) is 41.5 Å². The molecule has 10 heteroatoms. The van der Waals surface area contributed by atoms with Gasteiger partial charge in [0, 0.05) is 26.1 Å². The Morgan fingerprint density at radius 1 is 1.29 bits per heavy atom. The van der Waals surface area contributed by atoms with Crippen molar-refractivity contribution in [2.75, 3.05) is 13.1 Å². The number of ether oxygens (including phenoxy) is 1. The van der Waals surface area contributed by atoms with Crippen LogP contribution in [-0.2, 0) is 19.5 Å². The van der Waals surface area contributed by atoms with Crippen LogP contribution in [0.5, 0.6) is 5.75 Å². The molecule has 1 aromatic heterocycles. The van der Waals surface area contributed by atoms with Gasteiger partial charge in [-0.05, 0) is 31.0 Å². The van der Waals surface area contributed by atoms with E-state index in [0.717, 1.165) is 31.0 Å². The molecule has 0 amide bonds. The topological polar surface area (TPSA) is 96.6 Å². The summed E-state index contributed by atoms with van der Waals surface area (Å²) in [6.07, 6.45) is 1.19. The van der Waals surface area contributed by atoms with E-state index >= 15 is 0 Å². The minimum Gasteiger partial charge on any atom is -0.435 e. The number of benzene rings is 1. The molecule has 1 aromatic carbocycles. The molecule has 1 aliphatic heterocycles. The maximum atomic E-state index is 12.2. The van der Waals surface area contributed by atoms with E-state index in [4.69, 9.17) is 0 Å². The number of aliphatic hydroxyl groups is 1. The van der Waals surface area contributed by atoms with E-state index in [-0.39, 0.29) is 12.3 Å². The second kappa shape index (κ2) is 9.45. The van der Waals surface area contributed by atoms with Crippen molar-refractivity contribution in [2.24, 2.45) is 4.99 Å². The molecule has 0 aliphatic carbocycles. The number of hydrogen-bond acceptors (Lipinski definition) is 5. The first-order valence-corrected chi connectivity index (χ1v) is 9.22. The largest absolute Gasteiger partial charge is 0.435 e. The standard InChI is InChI=1S/C18H24F2N6O2/c1-2-21-18(23-11-16-25-24-15-4-3-9-26(15)16)22-10-14(27)12-5-7-13(8-6-12)28-17(19)20/h5-8,14,17,27H,2-4,9-11H2,1H3,(H2,21,22,23). The lowest BCUT2D eigenvalue weighted by atomic mass is 10.1. The third-order valence-electron chi connectivity index (χ3n) is 4.36. The summed E-state index contributed by atoms with van der Waals surface area (Å²) in [6, 6.07) is 5.90. The molecule has 0 fully saturated rings. The number of aromatic nitrogens is 3. The van der Waals surface area contributed by atoms with Gasteiger partial charge in [-0.1, -0.05) is 12.1 Å². The van der Waals surface area contributed by atoms with Crippen molar-refractivity contribution in [1.29, 1.82) is 0 Å². The number of fused-ring (bicyclic) bond motifs is 1. The van der Waals surface area contributed by atoms with Gasteiger partial charge < -0.3 is 25.0 Å². The van der Waals surface area contributed by atoms with Crippen LogP contribution in [0.2, 0.25) is 0 Å². The Balaban J connectivity index is 1.56. The van der Waals surface area contributed by atoms with E-state index in [1.807, 2.05) is 6.92 Å². The van der Waals surface area contributed by atoms with Crippen LogP contribution in [0.25, 0.3) is 0 Å². The molecule has 0 saturated heterocycles. The van der Waals surface area contributed by atoms with Gasteiger partial charge in [0.2, 0.25) is 0 Å². The Morgan fingerprint density at radius 3 is 2.79 bits per heavy atom. The number of nitrogens with zero attached hydrogens (tertiary/aromatic N) is 4. The molecule has 2 aromatic rings. The first-order chi connectivity index (χ1) is 13.6. The van der Waals surface area contributed by atoms with Gasteiger partial charge in [-0.2, -0.15) is 8.78 Å². The zero-order valence-corrected chi connectivity index (χ0v) is 15.6. The molecule has 8 nitrogen and oxygen atoms in total. The van der Waals surface area contributed by atoms with Gasteiger partial charge in [0.25, 0.3) is 0 Å². The normalized spacial score (nSPS) is 14.8. The van der Waals surface area contributed by atoms with Crippen molar-refractivity contribution in [3.8, 4) is 5.75 Å². The average molecular weight is 394 g/mol. The summed E-state index contributed by atoms with van der Waals surface area (Å²) >= 11 is 0. The highest BCUT2D eigenvalue weighted by Gasteiger charge is 2.17. The summed E-state index contributed by atoms with van der Waals surface area (Å²) < 4.78 is 30.8. The van der Waals surface area contributed by atoms with Gasteiger partial charge in [-0.25, -0.2) is 4.99 Å². The highest BCUT2D eigenvalue weighted by Crippen LogP contribution is 2.19. The summed E-state index contributed by atoms with van der Waals surface area (Å²) in [5.74, 6) is 2.42. The monoisotopic (exact) mass is 394 g/mol. The summed E-state index contributed by atoms with van der Waals surface area (Å²) in [4.78, 5) is 4.50. The number of nitrogens with one attached hydrogen (secondary N) is 2. The van der Waals surface area contributed by atoms with E-state index in [1.165, 1.54) is 12.1 Å². The minimum atomic E-state index is -2.87.